The topological polar surface area (TPSA) is 42.1 Å². The van der Waals surface area contributed by atoms with E-state index < -0.39 is 0 Å². The van der Waals surface area contributed by atoms with E-state index in [-0.39, 0.29) is 0 Å². The largest absolute Gasteiger partial charge is 0.393 e. The summed E-state index contributed by atoms with van der Waals surface area (Å²) >= 11 is 4.90. The molecule has 2 N–H and O–H groups in total. The summed E-state index contributed by atoms with van der Waals surface area (Å²) in [7, 11) is 2.07. The molecule has 0 radical (unpaired) electrons. The molecule has 4 heteroatoms. The highest BCUT2D eigenvalue weighted by Gasteiger charge is 2.10. The molecule has 0 aromatic carbocycles. The van der Waals surface area contributed by atoms with Gasteiger partial charge in [0.25, 0.3) is 0 Å². The molecule has 82 valence electrons. The molecule has 0 bridgehead atoms. The molecule has 0 spiro atoms. The van der Waals surface area contributed by atoms with Crippen LogP contribution in [0.25, 0.3) is 0 Å². The van der Waals surface area contributed by atoms with Gasteiger partial charge in [-0.2, -0.15) is 0 Å². The van der Waals surface area contributed by atoms with Crippen LogP contribution in [0.4, 0.5) is 0 Å². The van der Waals surface area contributed by atoms with Gasteiger partial charge >= 0.3 is 0 Å². The van der Waals surface area contributed by atoms with Crippen molar-refractivity contribution in [2.24, 2.45) is 5.73 Å². The van der Waals surface area contributed by atoms with E-state index in [4.69, 9.17) is 18.0 Å². The van der Waals surface area contributed by atoms with Crippen molar-refractivity contribution in [1.82, 2.24) is 9.88 Å². The van der Waals surface area contributed by atoms with Gasteiger partial charge in [-0.05, 0) is 31.7 Å². The van der Waals surface area contributed by atoms with Gasteiger partial charge in [0.1, 0.15) is 0 Å². The van der Waals surface area contributed by atoms with Gasteiger partial charge in [0, 0.05) is 31.4 Å². The maximum atomic E-state index is 5.52. The summed E-state index contributed by atoms with van der Waals surface area (Å²) in [5, 5.41) is 0. The van der Waals surface area contributed by atoms with Gasteiger partial charge in [-0.25, -0.2) is 0 Å². The monoisotopic (exact) mass is 223 g/mol. The van der Waals surface area contributed by atoms with Crippen molar-refractivity contribution in [3.05, 3.63) is 30.1 Å². The smallest absolute Gasteiger partial charge is 0.0742 e. The minimum Gasteiger partial charge on any atom is -0.393 e. The third-order valence-electron chi connectivity index (χ3n) is 2.43. The van der Waals surface area contributed by atoms with Crippen molar-refractivity contribution < 1.29 is 0 Å². The molecule has 1 heterocycles. The fraction of sp³-hybridized carbons (Fsp3) is 0.455. The second kappa shape index (κ2) is 5.78. The number of thiocarbonyl (C=S) groups is 1. The maximum absolute atomic E-state index is 5.52. The third kappa shape index (κ3) is 4.36. The second-order valence-electron chi connectivity index (χ2n) is 3.79. The molecule has 1 aromatic heterocycles. The van der Waals surface area contributed by atoms with E-state index >= 15 is 0 Å². The first kappa shape index (κ1) is 12.1. The normalized spacial score (nSPS) is 12.7. The Bertz CT molecular complexity index is 313. The molecule has 1 atom stereocenters. The van der Waals surface area contributed by atoms with Crippen LogP contribution in [0.3, 0.4) is 0 Å². The maximum Gasteiger partial charge on any atom is 0.0742 e. The van der Waals surface area contributed by atoms with Crippen molar-refractivity contribution in [3.8, 4) is 0 Å². The van der Waals surface area contributed by atoms with E-state index in [1.807, 2.05) is 12.1 Å². The number of aromatic nitrogens is 1. The van der Waals surface area contributed by atoms with Crippen LogP contribution in [0.5, 0.6) is 0 Å². The summed E-state index contributed by atoms with van der Waals surface area (Å²) < 4.78 is 0. The second-order valence-corrected chi connectivity index (χ2v) is 4.31. The van der Waals surface area contributed by atoms with Crippen LogP contribution in [-0.2, 0) is 6.54 Å². The summed E-state index contributed by atoms with van der Waals surface area (Å²) in [4.78, 5) is 6.79. The van der Waals surface area contributed by atoms with E-state index in [2.05, 4.69) is 23.9 Å². The Morgan fingerprint density at radius 1 is 1.53 bits per heavy atom. The van der Waals surface area contributed by atoms with Crippen molar-refractivity contribution >= 4 is 17.2 Å². The number of pyridine rings is 1. The van der Waals surface area contributed by atoms with Crippen LogP contribution in [0.15, 0.2) is 24.5 Å². The molecular weight excluding hydrogens is 206 g/mol. The van der Waals surface area contributed by atoms with Crippen LogP contribution in [-0.4, -0.2) is 28.0 Å². The first-order valence-electron chi connectivity index (χ1n) is 4.97. The Kier molecular flexibility index (Phi) is 4.65. The van der Waals surface area contributed by atoms with Crippen LogP contribution >= 0.6 is 12.2 Å². The van der Waals surface area contributed by atoms with Gasteiger partial charge in [0.15, 0.2) is 0 Å². The molecule has 0 aliphatic rings. The molecule has 3 nitrogen and oxygen atoms in total. The number of nitrogens with zero attached hydrogens (tertiary/aromatic N) is 2. The minimum atomic E-state index is 0.371. The number of nitrogens with two attached hydrogens (primary N) is 1. The Morgan fingerprint density at radius 2 is 2.13 bits per heavy atom. The molecule has 1 unspecified atom stereocenters. The Balaban J connectivity index is 2.48. The number of hydrogen-bond donors (Lipinski definition) is 1. The highest BCUT2D eigenvalue weighted by atomic mass is 32.1. The molecule has 0 saturated carbocycles. The zero-order valence-corrected chi connectivity index (χ0v) is 10.00. The number of hydrogen-bond acceptors (Lipinski definition) is 3. The molecule has 1 rings (SSSR count). The lowest BCUT2D eigenvalue weighted by Crippen LogP contribution is -2.32. The SMILES string of the molecule is CC(CC(N)=S)N(C)Cc1ccncc1. The van der Waals surface area contributed by atoms with Gasteiger partial charge in [-0.3, -0.25) is 9.88 Å². The van der Waals surface area contributed by atoms with Gasteiger partial charge in [-0.1, -0.05) is 12.2 Å². The number of rotatable bonds is 5. The Hall–Kier alpha value is -1.00. The molecule has 0 saturated heterocycles. The molecule has 0 aliphatic carbocycles. The lowest BCUT2D eigenvalue weighted by molar-refractivity contribution is 0.255. The summed E-state index contributed by atoms with van der Waals surface area (Å²) in [5.41, 5.74) is 6.77. The van der Waals surface area contributed by atoms with E-state index in [9.17, 15) is 0 Å². The van der Waals surface area contributed by atoms with Crippen molar-refractivity contribution in [1.29, 1.82) is 0 Å². The average Bonchev–Trinajstić information content (AvgIpc) is 2.18. The van der Waals surface area contributed by atoms with Crippen LogP contribution in [0, 0.1) is 0 Å². The third-order valence-corrected chi connectivity index (χ3v) is 2.60. The zero-order valence-electron chi connectivity index (χ0n) is 9.18. The zero-order chi connectivity index (χ0) is 11.3. The Morgan fingerprint density at radius 3 is 2.67 bits per heavy atom. The molecular formula is C11H17N3S. The predicted octanol–water partition coefficient (Wildman–Crippen LogP) is 1.58. The summed E-state index contributed by atoms with van der Waals surface area (Å²) in [5.74, 6) is 0. The quantitative estimate of drug-likeness (QED) is 0.770. The molecule has 1 aromatic rings. The van der Waals surface area contributed by atoms with Crippen LogP contribution < -0.4 is 5.73 Å². The lowest BCUT2D eigenvalue weighted by Gasteiger charge is -2.24. The van der Waals surface area contributed by atoms with Crippen LogP contribution in [0.1, 0.15) is 18.9 Å². The molecule has 0 fully saturated rings. The van der Waals surface area contributed by atoms with E-state index in [0.29, 0.717) is 11.0 Å². The summed E-state index contributed by atoms with van der Waals surface area (Å²) in [6.45, 7) is 3.02. The van der Waals surface area contributed by atoms with Crippen molar-refractivity contribution in [3.63, 3.8) is 0 Å². The fourth-order valence-electron chi connectivity index (χ4n) is 1.38. The van der Waals surface area contributed by atoms with Gasteiger partial charge in [0.2, 0.25) is 0 Å². The van der Waals surface area contributed by atoms with Gasteiger partial charge < -0.3 is 5.73 Å². The van der Waals surface area contributed by atoms with E-state index in [0.717, 1.165) is 13.0 Å². The highest BCUT2D eigenvalue weighted by Crippen LogP contribution is 2.07. The highest BCUT2D eigenvalue weighted by molar-refractivity contribution is 7.80. The molecule has 0 aliphatic heterocycles. The van der Waals surface area contributed by atoms with Gasteiger partial charge in [0.05, 0.1) is 4.99 Å². The van der Waals surface area contributed by atoms with Crippen molar-refractivity contribution in [2.45, 2.75) is 25.9 Å². The lowest BCUT2D eigenvalue weighted by atomic mass is 10.2. The van der Waals surface area contributed by atoms with E-state index in [1.165, 1.54) is 5.56 Å². The molecule has 15 heavy (non-hydrogen) atoms. The molecule has 0 amide bonds. The minimum absolute atomic E-state index is 0.371. The fourth-order valence-corrected chi connectivity index (χ4v) is 1.62. The Labute approximate surface area is 96.3 Å². The average molecular weight is 223 g/mol. The first-order chi connectivity index (χ1) is 7.09. The first-order valence-corrected chi connectivity index (χ1v) is 5.38. The van der Waals surface area contributed by atoms with E-state index in [1.54, 1.807) is 12.4 Å². The predicted molar refractivity (Wildman–Crippen MR) is 66.6 cm³/mol. The van der Waals surface area contributed by atoms with Crippen molar-refractivity contribution in [2.75, 3.05) is 7.05 Å². The summed E-state index contributed by atoms with van der Waals surface area (Å²) in [6, 6.07) is 4.41. The standard InChI is InChI=1S/C11H17N3S/c1-9(7-11(12)15)14(2)8-10-3-5-13-6-4-10/h3-6,9H,7-8H2,1-2H3,(H2,12,15). The van der Waals surface area contributed by atoms with Gasteiger partial charge in [-0.15, -0.1) is 0 Å². The summed E-state index contributed by atoms with van der Waals surface area (Å²) in [6.07, 6.45) is 4.37. The van der Waals surface area contributed by atoms with Crippen LogP contribution in [0.2, 0.25) is 0 Å².